The van der Waals surface area contributed by atoms with Crippen LogP contribution in [0.2, 0.25) is 0 Å². The highest BCUT2D eigenvalue weighted by atomic mass is 16.4. The molecule has 2 unspecified atom stereocenters. The van der Waals surface area contributed by atoms with E-state index in [1.165, 1.54) is 17.2 Å². The SMILES string of the molecule is CC(CC(=O)C(Cc1ccccc1)NC(=O)c1ccco1)C(=O)N1CCC[C@H]1C(=O)O. The minimum absolute atomic E-state index is 0.0938. The fraction of sp³-hybridized carbons (Fsp3) is 0.391. The average molecular weight is 426 g/mol. The van der Waals surface area contributed by atoms with E-state index in [1.807, 2.05) is 30.3 Å². The van der Waals surface area contributed by atoms with Crippen molar-refractivity contribution >= 4 is 23.6 Å². The molecule has 1 fully saturated rings. The molecule has 2 heterocycles. The van der Waals surface area contributed by atoms with Crippen molar-refractivity contribution < 1.29 is 28.7 Å². The summed E-state index contributed by atoms with van der Waals surface area (Å²) in [6.07, 6.45) is 2.58. The molecule has 1 aliphatic rings. The van der Waals surface area contributed by atoms with Crippen LogP contribution in [0.3, 0.4) is 0 Å². The van der Waals surface area contributed by atoms with Gasteiger partial charge in [-0.1, -0.05) is 37.3 Å². The quantitative estimate of drug-likeness (QED) is 0.635. The summed E-state index contributed by atoms with van der Waals surface area (Å²) < 4.78 is 5.11. The van der Waals surface area contributed by atoms with Gasteiger partial charge in [0.25, 0.3) is 5.91 Å². The second-order valence-corrected chi connectivity index (χ2v) is 7.79. The third-order valence-corrected chi connectivity index (χ3v) is 5.47. The van der Waals surface area contributed by atoms with E-state index in [0.29, 0.717) is 19.4 Å². The van der Waals surface area contributed by atoms with Crippen LogP contribution in [0.15, 0.2) is 53.1 Å². The van der Waals surface area contributed by atoms with Gasteiger partial charge in [-0.3, -0.25) is 14.4 Å². The van der Waals surface area contributed by atoms with Gasteiger partial charge in [-0.05, 0) is 37.0 Å². The number of Topliss-reactive ketones (excluding diaryl/α,β-unsaturated/α-hetero) is 1. The molecule has 2 N–H and O–H groups in total. The van der Waals surface area contributed by atoms with Crippen molar-refractivity contribution in [2.75, 3.05) is 6.54 Å². The Labute approximate surface area is 180 Å². The van der Waals surface area contributed by atoms with Crippen molar-refractivity contribution in [1.82, 2.24) is 10.2 Å². The molecule has 3 rings (SSSR count). The topological polar surface area (TPSA) is 117 Å². The zero-order valence-corrected chi connectivity index (χ0v) is 17.3. The molecule has 2 aromatic rings. The first kappa shape index (κ1) is 22.3. The number of rotatable bonds is 9. The number of furan rings is 1. The number of aliphatic carboxylic acids is 1. The zero-order chi connectivity index (χ0) is 22.4. The summed E-state index contributed by atoms with van der Waals surface area (Å²) in [6, 6.07) is 10.7. The number of nitrogens with zero attached hydrogens (tertiary/aromatic N) is 1. The standard InChI is InChI=1S/C23H26N2O6/c1-15(22(28)25-11-5-9-18(25)23(29)30)13-19(26)17(14-16-7-3-2-4-8-16)24-21(27)20-10-6-12-31-20/h2-4,6-8,10,12,15,17-18H,5,9,11,13-14H2,1H3,(H,24,27)(H,29,30)/t15?,17?,18-/m0/s1. The first-order valence-corrected chi connectivity index (χ1v) is 10.3. The Balaban J connectivity index is 1.70. The first-order chi connectivity index (χ1) is 14.9. The summed E-state index contributed by atoms with van der Waals surface area (Å²) in [5.41, 5.74) is 0.866. The fourth-order valence-corrected chi connectivity index (χ4v) is 3.83. The summed E-state index contributed by atoms with van der Waals surface area (Å²) in [6.45, 7) is 1.99. The number of carbonyl (C=O) groups excluding carboxylic acids is 3. The van der Waals surface area contributed by atoms with Crippen LogP contribution in [-0.4, -0.2) is 52.2 Å². The van der Waals surface area contributed by atoms with E-state index in [-0.39, 0.29) is 30.3 Å². The summed E-state index contributed by atoms with van der Waals surface area (Å²) in [4.78, 5) is 51.0. The lowest BCUT2D eigenvalue weighted by atomic mass is 9.94. The molecule has 0 saturated carbocycles. The Kier molecular flexibility index (Phi) is 7.23. The second-order valence-electron chi connectivity index (χ2n) is 7.79. The molecule has 2 amide bonds. The number of amides is 2. The first-order valence-electron chi connectivity index (χ1n) is 10.3. The van der Waals surface area contributed by atoms with Crippen molar-refractivity contribution in [3.63, 3.8) is 0 Å². The normalized spacial score (nSPS) is 17.7. The van der Waals surface area contributed by atoms with Crippen LogP contribution >= 0.6 is 0 Å². The van der Waals surface area contributed by atoms with Gasteiger partial charge in [-0.2, -0.15) is 0 Å². The average Bonchev–Trinajstić information content (AvgIpc) is 3.45. The Bertz CT molecular complexity index is 925. The van der Waals surface area contributed by atoms with Gasteiger partial charge >= 0.3 is 5.97 Å². The number of hydrogen-bond donors (Lipinski definition) is 2. The largest absolute Gasteiger partial charge is 0.480 e. The third kappa shape index (κ3) is 5.59. The molecule has 0 radical (unpaired) electrons. The molecule has 0 bridgehead atoms. The van der Waals surface area contributed by atoms with Gasteiger partial charge in [0, 0.05) is 18.9 Å². The molecule has 1 aliphatic heterocycles. The van der Waals surface area contributed by atoms with E-state index < -0.39 is 29.9 Å². The van der Waals surface area contributed by atoms with Crippen molar-refractivity contribution in [3.8, 4) is 0 Å². The molecule has 8 nitrogen and oxygen atoms in total. The van der Waals surface area contributed by atoms with E-state index in [2.05, 4.69) is 5.32 Å². The molecule has 0 aliphatic carbocycles. The highest BCUT2D eigenvalue weighted by Gasteiger charge is 2.37. The molecule has 1 saturated heterocycles. The fourth-order valence-electron chi connectivity index (χ4n) is 3.83. The van der Waals surface area contributed by atoms with Crippen molar-refractivity contribution in [2.24, 2.45) is 5.92 Å². The molecule has 164 valence electrons. The maximum absolute atomic E-state index is 13.1. The predicted molar refractivity (Wildman–Crippen MR) is 111 cm³/mol. The molecule has 0 spiro atoms. The molecule has 31 heavy (non-hydrogen) atoms. The van der Waals surface area contributed by atoms with Gasteiger partial charge in [0.15, 0.2) is 11.5 Å². The van der Waals surface area contributed by atoms with E-state index in [1.54, 1.807) is 13.0 Å². The van der Waals surface area contributed by atoms with Crippen LogP contribution < -0.4 is 5.32 Å². The van der Waals surface area contributed by atoms with Gasteiger partial charge in [0.05, 0.1) is 12.3 Å². The van der Waals surface area contributed by atoms with Crippen LogP contribution in [-0.2, 0) is 20.8 Å². The third-order valence-electron chi connectivity index (χ3n) is 5.47. The Hall–Kier alpha value is -3.42. The summed E-state index contributed by atoms with van der Waals surface area (Å²) in [7, 11) is 0. The summed E-state index contributed by atoms with van der Waals surface area (Å²) in [5, 5.41) is 12.0. The highest BCUT2D eigenvalue weighted by Crippen LogP contribution is 2.22. The van der Waals surface area contributed by atoms with Crippen LogP contribution in [0.4, 0.5) is 0 Å². The van der Waals surface area contributed by atoms with Crippen LogP contribution in [0.25, 0.3) is 0 Å². The highest BCUT2D eigenvalue weighted by molar-refractivity contribution is 5.97. The molecular formula is C23H26N2O6. The maximum Gasteiger partial charge on any atom is 0.326 e. The monoisotopic (exact) mass is 426 g/mol. The lowest BCUT2D eigenvalue weighted by Gasteiger charge is -2.25. The molecule has 1 aromatic heterocycles. The van der Waals surface area contributed by atoms with Gasteiger partial charge in [0.2, 0.25) is 5.91 Å². The summed E-state index contributed by atoms with van der Waals surface area (Å²) >= 11 is 0. The summed E-state index contributed by atoms with van der Waals surface area (Å²) in [5.74, 6) is -2.78. The van der Waals surface area contributed by atoms with Crippen molar-refractivity contribution in [1.29, 1.82) is 0 Å². The van der Waals surface area contributed by atoms with Crippen molar-refractivity contribution in [2.45, 2.75) is 44.7 Å². The number of carbonyl (C=O) groups is 4. The zero-order valence-electron chi connectivity index (χ0n) is 17.3. The van der Waals surface area contributed by atoms with Gasteiger partial charge in [-0.25, -0.2) is 4.79 Å². The van der Waals surface area contributed by atoms with Crippen LogP contribution in [0.1, 0.15) is 42.3 Å². The van der Waals surface area contributed by atoms with E-state index in [4.69, 9.17) is 4.42 Å². The molecular weight excluding hydrogens is 400 g/mol. The predicted octanol–water partition coefficient (Wildman–Crippen LogP) is 2.29. The van der Waals surface area contributed by atoms with Gasteiger partial charge in [0.1, 0.15) is 6.04 Å². The van der Waals surface area contributed by atoms with Gasteiger partial charge in [-0.15, -0.1) is 0 Å². The lowest BCUT2D eigenvalue weighted by molar-refractivity contribution is -0.150. The van der Waals surface area contributed by atoms with E-state index in [0.717, 1.165) is 5.56 Å². The van der Waals surface area contributed by atoms with Crippen LogP contribution in [0.5, 0.6) is 0 Å². The second kappa shape index (κ2) is 10.1. The minimum Gasteiger partial charge on any atom is -0.480 e. The number of carboxylic acid groups (broad SMARTS) is 1. The lowest BCUT2D eigenvalue weighted by Crippen LogP contribution is -2.46. The van der Waals surface area contributed by atoms with E-state index >= 15 is 0 Å². The minimum atomic E-state index is -1.03. The molecule has 3 atom stereocenters. The number of likely N-dealkylation sites (tertiary alicyclic amines) is 1. The number of benzene rings is 1. The van der Waals surface area contributed by atoms with Gasteiger partial charge < -0.3 is 19.7 Å². The maximum atomic E-state index is 13.1. The van der Waals surface area contributed by atoms with Crippen LogP contribution in [0, 0.1) is 5.92 Å². The Morgan fingerprint density at radius 1 is 1.16 bits per heavy atom. The number of ketones is 1. The molecule has 8 heteroatoms. The van der Waals surface area contributed by atoms with Crippen molar-refractivity contribution in [3.05, 3.63) is 60.1 Å². The van der Waals surface area contributed by atoms with E-state index in [9.17, 15) is 24.3 Å². The smallest absolute Gasteiger partial charge is 0.326 e. The number of carboxylic acids is 1. The number of nitrogens with one attached hydrogen (secondary N) is 1. The number of hydrogen-bond acceptors (Lipinski definition) is 5. The molecule has 1 aromatic carbocycles. The Morgan fingerprint density at radius 2 is 1.90 bits per heavy atom. The Morgan fingerprint density at radius 3 is 2.55 bits per heavy atom.